The van der Waals surface area contributed by atoms with Gasteiger partial charge in [0.15, 0.2) is 17.7 Å². The Morgan fingerprint density at radius 1 is 1.24 bits per heavy atom. The van der Waals surface area contributed by atoms with E-state index in [1.54, 1.807) is 0 Å². The maximum atomic E-state index is 13.3. The molecule has 2 aliphatic rings. The third-order valence-electron chi connectivity index (χ3n) is 4.58. The first kappa shape index (κ1) is 20.8. The molecule has 156 valence electrons. The highest BCUT2D eigenvalue weighted by atomic mass is 32.2. The third kappa shape index (κ3) is 4.11. The summed E-state index contributed by atoms with van der Waals surface area (Å²) in [7, 11) is -2.51. The Bertz CT molecular complexity index is 1010. The van der Waals surface area contributed by atoms with E-state index in [-0.39, 0.29) is 30.4 Å². The molecule has 1 unspecified atom stereocenters. The van der Waals surface area contributed by atoms with Crippen molar-refractivity contribution in [3.63, 3.8) is 0 Å². The second-order valence-electron chi connectivity index (χ2n) is 6.62. The minimum atomic E-state index is -3.72. The van der Waals surface area contributed by atoms with Crippen LogP contribution in [0.1, 0.15) is 18.4 Å². The SMILES string of the molecule is CN1C(=O)C(=O)C(C(=O)NCc2ccc(F)c(F)c2)N=C1N1CCCCS1(=O)=O. The number of hydrogen-bond donors (Lipinski definition) is 1. The first-order valence-electron chi connectivity index (χ1n) is 8.73. The zero-order chi connectivity index (χ0) is 21.3. The number of nitrogens with one attached hydrogen (secondary N) is 1. The van der Waals surface area contributed by atoms with Crippen molar-refractivity contribution in [1.82, 2.24) is 14.5 Å². The van der Waals surface area contributed by atoms with Crippen LogP contribution in [0, 0.1) is 11.6 Å². The van der Waals surface area contributed by atoms with Gasteiger partial charge in [-0.05, 0) is 30.5 Å². The molecule has 1 aromatic rings. The van der Waals surface area contributed by atoms with Crippen molar-refractivity contribution in [2.75, 3.05) is 19.3 Å². The van der Waals surface area contributed by atoms with Crippen LogP contribution in [0.25, 0.3) is 0 Å². The van der Waals surface area contributed by atoms with E-state index in [9.17, 15) is 31.6 Å². The van der Waals surface area contributed by atoms with E-state index >= 15 is 0 Å². The first-order valence-corrected chi connectivity index (χ1v) is 10.3. The fourth-order valence-corrected chi connectivity index (χ4v) is 4.61. The zero-order valence-corrected chi connectivity index (χ0v) is 16.2. The van der Waals surface area contributed by atoms with Gasteiger partial charge in [-0.15, -0.1) is 0 Å². The van der Waals surface area contributed by atoms with Crippen LogP contribution in [0.5, 0.6) is 0 Å². The number of benzene rings is 1. The molecule has 1 aromatic carbocycles. The highest BCUT2D eigenvalue weighted by molar-refractivity contribution is 7.89. The number of sulfonamides is 1. The van der Waals surface area contributed by atoms with E-state index in [2.05, 4.69) is 10.3 Å². The number of ketones is 1. The van der Waals surface area contributed by atoms with Crippen LogP contribution in [-0.2, 0) is 31.0 Å². The van der Waals surface area contributed by atoms with Crippen molar-refractivity contribution in [2.45, 2.75) is 25.4 Å². The molecule has 0 aliphatic carbocycles. The Hall–Kier alpha value is -2.89. The Morgan fingerprint density at radius 2 is 1.97 bits per heavy atom. The molecule has 0 aromatic heterocycles. The third-order valence-corrected chi connectivity index (χ3v) is 6.40. The summed E-state index contributed by atoms with van der Waals surface area (Å²) in [6, 6.07) is 1.25. The van der Waals surface area contributed by atoms with Crippen LogP contribution in [-0.4, -0.2) is 66.6 Å². The maximum Gasteiger partial charge on any atom is 0.299 e. The second-order valence-corrected chi connectivity index (χ2v) is 8.63. The molecule has 3 rings (SSSR count). The largest absolute Gasteiger partial charge is 0.350 e. The summed E-state index contributed by atoms with van der Waals surface area (Å²) in [6.07, 6.45) is 1.00. The lowest BCUT2D eigenvalue weighted by Crippen LogP contribution is -2.58. The highest BCUT2D eigenvalue weighted by Crippen LogP contribution is 2.19. The lowest BCUT2D eigenvalue weighted by Gasteiger charge is -2.35. The quantitative estimate of drug-likeness (QED) is 0.528. The Labute approximate surface area is 165 Å². The fraction of sp³-hybridized carbons (Fsp3) is 0.412. The summed E-state index contributed by atoms with van der Waals surface area (Å²) in [5.41, 5.74) is 0.228. The van der Waals surface area contributed by atoms with Crippen molar-refractivity contribution < 1.29 is 31.6 Å². The summed E-state index contributed by atoms with van der Waals surface area (Å²) < 4.78 is 51.8. The zero-order valence-electron chi connectivity index (χ0n) is 15.4. The number of likely N-dealkylation sites (N-methyl/N-ethyl adjacent to an activating group) is 1. The number of carbonyl (C=O) groups excluding carboxylic acids is 3. The van der Waals surface area contributed by atoms with E-state index in [0.29, 0.717) is 12.8 Å². The van der Waals surface area contributed by atoms with Crippen molar-refractivity contribution >= 4 is 33.6 Å². The number of halogens is 2. The molecule has 0 saturated carbocycles. The summed E-state index contributed by atoms with van der Waals surface area (Å²) in [4.78, 5) is 41.7. The topological polar surface area (TPSA) is 116 Å². The van der Waals surface area contributed by atoms with Gasteiger partial charge >= 0.3 is 0 Å². The molecule has 0 bridgehead atoms. The number of hydrogen-bond acceptors (Lipinski definition) is 6. The molecule has 0 spiro atoms. The molecular formula is C17H18F2N4O5S. The average molecular weight is 428 g/mol. The van der Waals surface area contributed by atoms with Crippen molar-refractivity contribution in [2.24, 2.45) is 4.99 Å². The predicted octanol–water partition coefficient (Wildman–Crippen LogP) is -0.228. The van der Waals surface area contributed by atoms with Gasteiger partial charge in [-0.3, -0.25) is 19.3 Å². The van der Waals surface area contributed by atoms with Gasteiger partial charge in [-0.2, -0.15) is 0 Å². The van der Waals surface area contributed by atoms with E-state index < -0.39 is 45.3 Å². The smallest absolute Gasteiger partial charge is 0.299 e. The predicted molar refractivity (Wildman–Crippen MR) is 96.9 cm³/mol. The highest BCUT2D eigenvalue weighted by Gasteiger charge is 2.43. The summed E-state index contributed by atoms with van der Waals surface area (Å²) in [5.74, 6) is -5.70. The monoisotopic (exact) mass is 428 g/mol. The van der Waals surface area contributed by atoms with Crippen LogP contribution in [0.4, 0.5) is 8.78 Å². The normalized spacial score (nSPS) is 21.8. The molecule has 2 heterocycles. The maximum absolute atomic E-state index is 13.3. The van der Waals surface area contributed by atoms with Gasteiger partial charge in [0.05, 0.1) is 5.75 Å². The summed E-state index contributed by atoms with van der Waals surface area (Å²) in [6.45, 7) is -0.160. The van der Waals surface area contributed by atoms with Crippen molar-refractivity contribution in [3.05, 3.63) is 35.4 Å². The molecule has 1 fully saturated rings. The van der Waals surface area contributed by atoms with Crippen LogP contribution in [0.3, 0.4) is 0 Å². The van der Waals surface area contributed by atoms with Gasteiger partial charge in [0, 0.05) is 20.1 Å². The Balaban J connectivity index is 1.83. The number of amides is 2. The second kappa shape index (κ2) is 7.85. The Morgan fingerprint density at radius 3 is 2.62 bits per heavy atom. The molecule has 9 nitrogen and oxygen atoms in total. The number of carbonyl (C=O) groups is 3. The van der Waals surface area contributed by atoms with Gasteiger partial charge in [0.2, 0.25) is 16.0 Å². The average Bonchev–Trinajstić information content (AvgIpc) is 2.67. The van der Waals surface area contributed by atoms with E-state index in [4.69, 9.17) is 0 Å². The summed E-state index contributed by atoms with van der Waals surface area (Å²) >= 11 is 0. The first-order chi connectivity index (χ1) is 13.6. The minimum Gasteiger partial charge on any atom is -0.350 e. The lowest BCUT2D eigenvalue weighted by atomic mass is 10.1. The van der Waals surface area contributed by atoms with Crippen molar-refractivity contribution in [3.8, 4) is 0 Å². The van der Waals surface area contributed by atoms with Crippen molar-refractivity contribution in [1.29, 1.82) is 0 Å². The fourth-order valence-electron chi connectivity index (χ4n) is 2.99. The van der Waals surface area contributed by atoms with Gasteiger partial charge in [0.25, 0.3) is 17.6 Å². The number of nitrogens with zero attached hydrogens (tertiary/aromatic N) is 3. The van der Waals surface area contributed by atoms with Gasteiger partial charge < -0.3 is 5.32 Å². The molecule has 0 radical (unpaired) electrons. The van der Waals surface area contributed by atoms with Gasteiger partial charge in [-0.1, -0.05) is 6.07 Å². The number of rotatable bonds is 3. The Kier molecular flexibility index (Phi) is 5.64. The van der Waals surface area contributed by atoms with Crippen LogP contribution < -0.4 is 5.32 Å². The van der Waals surface area contributed by atoms with Gasteiger partial charge in [0.1, 0.15) is 0 Å². The van der Waals surface area contributed by atoms with Crippen LogP contribution in [0.15, 0.2) is 23.2 Å². The van der Waals surface area contributed by atoms with E-state index in [0.717, 1.165) is 21.3 Å². The molecule has 2 aliphatic heterocycles. The number of guanidine groups is 1. The minimum absolute atomic E-state index is 0.0795. The van der Waals surface area contributed by atoms with Gasteiger partial charge in [-0.25, -0.2) is 26.5 Å². The van der Waals surface area contributed by atoms with Crippen LogP contribution >= 0.6 is 0 Å². The number of Topliss-reactive ketones (excluding diaryl/α,β-unsaturated/α-hetero) is 1. The molecular weight excluding hydrogens is 410 g/mol. The lowest BCUT2D eigenvalue weighted by molar-refractivity contribution is -0.145. The molecule has 1 atom stereocenters. The molecule has 1 saturated heterocycles. The molecule has 2 amide bonds. The molecule has 29 heavy (non-hydrogen) atoms. The molecule has 12 heteroatoms. The van der Waals surface area contributed by atoms with Crippen LogP contribution in [0.2, 0.25) is 0 Å². The standard InChI is InChI=1S/C17H18F2N4O5S/c1-22-16(26)14(24)13(21-17(22)23-6-2-3-7-29(23,27)28)15(25)20-9-10-4-5-11(18)12(19)8-10/h4-5,8,13H,2-3,6-7,9H2,1H3,(H,20,25). The van der Waals surface area contributed by atoms with E-state index in [1.807, 2.05) is 0 Å². The van der Waals surface area contributed by atoms with E-state index in [1.165, 1.54) is 13.1 Å². The molecule has 1 N–H and O–H groups in total. The summed E-state index contributed by atoms with van der Waals surface area (Å²) in [5, 5.41) is 2.33. The number of aliphatic imine (C=N–C) groups is 1.